The second-order valence-electron chi connectivity index (χ2n) is 4.93. The first-order valence-electron chi connectivity index (χ1n) is 6.67. The predicted octanol–water partition coefficient (Wildman–Crippen LogP) is 3.80. The predicted molar refractivity (Wildman–Crippen MR) is 72.9 cm³/mol. The van der Waals surface area contributed by atoms with Crippen LogP contribution in [0.5, 0.6) is 0 Å². The highest BCUT2D eigenvalue weighted by Crippen LogP contribution is 2.23. The van der Waals surface area contributed by atoms with Crippen molar-refractivity contribution in [3.05, 3.63) is 70.5 Å². The monoisotopic (exact) mass is 329 g/mol. The van der Waals surface area contributed by atoms with Gasteiger partial charge in [-0.1, -0.05) is 30.3 Å². The van der Waals surface area contributed by atoms with Crippen molar-refractivity contribution in [1.29, 1.82) is 0 Å². The molecule has 0 aliphatic carbocycles. The van der Waals surface area contributed by atoms with Crippen LogP contribution < -0.4 is 5.32 Å². The topological polar surface area (TPSA) is 29.1 Å². The summed E-state index contributed by atoms with van der Waals surface area (Å²) in [5.41, 5.74) is -0.419. The van der Waals surface area contributed by atoms with Crippen LogP contribution in [0.25, 0.3) is 0 Å². The fourth-order valence-corrected chi connectivity index (χ4v) is 2.08. The van der Waals surface area contributed by atoms with Crippen LogP contribution in [0, 0.1) is 29.1 Å². The van der Waals surface area contributed by atoms with Gasteiger partial charge in [-0.05, 0) is 12.5 Å². The van der Waals surface area contributed by atoms with E-state index >= 15 is 0 Å². The third kappa shape index (κ3) is 3.49. The van der Waals surface area contributed by atoms with Crippen LogP contribution in [0.2, 0.25) is 0 Å². The summed E-state index contributed by atoms with van der Waals surface area (Å²) < 4.78 is 66.2. The average molecular weight is 329 g/mol. The van der Waals surface area contributed by atoms with Crippen molar-refractivity contribution in [1.82, 2.24) is 5.32 Å². The Kier molecular flexibility index (Phi) is 4.98. The first-order valence-corrected chi connectivity index (χ1v) is 6.67. The van der Waals surface area contributed by atoms with E-state index in [9.17, 15) is 26.7 Å². The van der Waals surface area contributed by atoms with E-state index in [-0.39, 0.29) is 0 Å². The Bertz CT molecular complexity index is 704. The molecule has 2 aromatic rings. The van der Waals surface area contributed by atoms with Gasteiger partial charge in [-0.25, -0.2) is 22.0 Å². The third-order valence-electron chi connectivity index (χ3n) is 3.32. The Balaban J connectivity index is 2.18. The van der Waals surface area contributed by atoms with Crippen molar-refractivity contribution >= 4 is 5.91 Å². The van der Waals surface area contributed by atoms with Gasteiger partial charge in [0.05, 0.1) is 12.5 Å². The van der Waals surface area contributed by atoms with Crippen molar-refractivity contribution in [3.8, 4) is 0 Å². The van der Waals surface area contributed by atoms with Crippen LogP contribution in [0.3, 0.4) is 0 Å². The lowest BCUT2D eigenvalue weighted by Crippen LogP contribution is -2.29. The van der Waals surface area contributed by atoms with Gasteiger partial charge in [-0.2, -0.15) is 0 Å². The molecule has 0 saturated heterocycles. The Labute approximate surface area is 128 Å². The molecule has 0 aliphatic heterocycles. The molecule has 7 heteroatoms. The van der Waals surface area contributed by atoms with Crippen LogP contribution >= 0.6 is 0 Å². The molecule has 2 aromatic carbocycles. The summed E-state index contributed by atoms with van der Waals surface area (Å²) in [6, 6.07) is 8.22. The number of rotatable bonds is 4. The number of nitrogens with one attached hydrogen (secondary N) is 1. The summed E-state index contributed by atoms with van der Waals surface area (Å²) in [5.74, 6) is -11.2. The minimum absolute atomic E-state index is 0.482. The van der Waals surface area contributed by atoms with E-state index in [0.717, 1.165) is 5.56 Å². The van der Waals surface area contributed by atoms with Crippen LogP contribution in [-0.2, 0) is 11.2 Å². The Morgan fingerprint density at radius 1 is 0.913 bits per heavy atom. The summed E-state index contributed by atoms with van der Waals surface area (Å²) in [6.45, 7) is 1.63. The maximum Gasteiger partial charge on any atom is 0.225 e. The van der Waals surface area contributed by atoms with Crippen molar-refractivity contribution in [2.75, 3.05) is 0 Å². The lowest BCUT2D eigenvalue weighted by Gasteiger charge is -2.15. The maximum atomic E-state index is 13.5. The third-order valence-corrected chi connectivity index (χ3v) is 3.32. The molecule has 0 aromatic heterocycles. The van der Waals surface area contributed by atoms with Gasteiger partial charge in [0.15, 0.2) is 23.3 Å². The van der Waals surface area contributed by atoms with Crippen molar-refractivity contribution in [2.45, 2.75) is 19.4 Å². The fourth-order valence-electron chi connectivity index (χ4n) is 2.08. The molecule has 2 nitrogen and oxygen atoms in total. The van der Waals surface area contributed by atoms with Gasteiger partial charge in [-0.3, -0.25) is 4.79 Å². The zero-order valence-electron chi connectivity index (χ0n) is 12.0. The number of amides is 1. The average Bonchev–Trinajstić information content (AvgIpc) is 2.56. The molecule has 23 heavy (non-hydrogen) atoms. The van der Waals surface area contributed by atoms with E-state index in [4.69, 9.17) is 0 Å². The highest BCUT2D eigenvalue weighted by molar-refractivity contribution is 5.79. The lowest BCUT2D eigenvalue weighted by atomic mass is 10.1. The molecule has 0 unspecified atom stereocenters. The molecule has 1 amide bonds. The second-order valence-corrected chi connectivity index (χ2v) is 4.93. The molecule has 0 fully saturated rings. The van der Waals surface area contributed by atoms with Gasteiger partial charge in [-0.15, -0.1) is 0 Å². The number of hydrogen-bond acceptors (Lipinski definition) is 1. The molecule has 122 valence electrons. The van der Waals surface area contributed by atoms with E-state index in [1.165, 1.54) is 0 Å². The van der Waals surface area contributed by atoms with E-state index in [2.05, 4.69) is 5.32 Å². The first kappa shape index (κ1) is 16.9. The number of carbonyl (C=O) groups excluding carboxylic acids is 1. The molecular weight excluding hydrogens is 317 g/mol. The number of halogens is 5. The van der Waals surface area contributed by atoms with Gasteiger partial charge < -0.3 is 5.32 Å². The van der Waals surface area contributed by atoms with Crippen molar-refractivity contribution in [2.24, 2.45) is 0 Å². The molecule has 0 heterocycles. The number of carbonyl (C=O) groups is 1. The van der Waals surface area contributed by atoms with Gasteiger partial charge in [0.1, 0.15) is 0 Å². The smallest absolute Gasteiger partial charge is 0.225 e. The highest BCUT2D eigenvalue weighted by Gasteiger charge is 2.27. The summed E-state index contributed by atoms with van der Waals surface area (Å²) in [6.07, 6.45) is -0.955. The minimum atomic E-state index is -2.25. The standard InChI is InChI=1S/C16H12F5NO/c1-8(9-5-3-2-4-6-9)22-11(23)7-10-12(17)14(19)16(21)15(20)13(10)18/h2-6,8H,7H2,1H3,(H,22,23)/t8-/m0/s1. The molecule has 1 N–H and O–H groups in total. The van der Waals surface area contributed by atoms with E-state index < -0.39 is 53.0 Å². The quantitative estimate of drug-likeness (QED) is 0.516. The molecule has 0 aliphatic rings. The maximum absolute atomic E-state index is 13.5. The molecule has 0 bridgehead atoms. The SMILES string of the molecule is C[C@H](NC(=O)Cc1c(F)c(F)c(F)c(F)c1F)c1ccccc1. The van der Waals surface area contributed by atoms with E-state index in [1.807, 2.05) is 0 Å². The van der Waals surface area contributed by atoms with E-state index in [0.29, 0.717) is 0 Å². The van der Waals surface area contributed by atoms with Crippen molar-refractivity contribution < 1.29 is 26.7 Å². The van der Waals surface area contributed by atoms with Gasteiger partial charge in [0.25, 0.3) is 0 Å². The number of hydrogen-bond donors (Lipinski definition) is 1. The minimum Gasteiger partial charge on any atom is -0.349 e. The second kappa shape index (κ2) is 6.76. The molecule has 0 saturated carbocycles. The van der Waals surface area contributed by atoms with Crippen molar-refractivity contribution in [3.63, 3.8) is 0 Å². The van der Waals surface area contributed by atoms with E-state index in [1.54, 1.807) is 37.3 Å². The van der Waals surface area contributed by atoms with Crippen LogP contribution in [0.1, 0.15) is 24.1 Å². The lowest BCUT2D eigenvalue weighted by molar-refractivity contribution is -0.121. The van der Waals surface area contributed by atoms with Gasteiger partial charge >= 0.3 is 0 Å². The molecule has 1 atom stereocenters. The first-order chi connectivity index (χ1) is 10.8. The summed E-state index contributed by atoms with van der Waals surface area (Å²) >= 11 is 0. The highest BCUT2D eigenvalue weighted by atomic mass is 19.2. The van der Waals surface area contributed by atoms with Gasteiger partial charge in [0, 0.05) is 5.56 Å². The Morgan fingerprint density at radius 2 is 1.39 bits per heavy atom. The summed E-state index contributed by atoms with van der Waals surface area (Å²) in [7, 11) is 0. The summed E-state index contributed by atoms with van der Waals surface area (Å²) in [4.78, 5) is 11.8. The number of benzene rings is 2. The Morgan fingerprint density at radius 3 is 1.91 bits per heavy atom. The molecule has 2 rings (SSSR count). The zero-order chi connectivity index (χ0) is 17.1. The van der Waals surface area contributed by atoms with Crippen LogP contribution in [-0.4, -0.2) is 5.91 Å². The fraction of sp³-hybridized carbons (Fsp3) is 0.188. The van der Waals surface area contributed by atoms with Crippen LogP contribution in [0.15, 0.2) is 30.3 Å². The summed E-state index contributed by atoms with van der Waals surface area (Å²) in [5, 5.41) is 2.44. The van der Waals surface area contributed by atoms with Gasteiger partial charge in [0.2, 0.25) is 11.7 Å². The molecular formula is C16H12F5NO. The van der Waals surface area contributed by atoms with Crippen LogP contribution in [0.4, 0.5) is 22.0 Å². The molecule has 0 radical (unpaired) electrons. The normalized spacial score (nSPS) is 12.1. The zero-order valence-corrected chi connectivity index (χ0v) is 12.0. The Hall–Kier alpha value is -2.44. The largest absolute Gasteiger partial charge is 0.349 e. The molecule has 0 spiro atoms.